The summed E-state index contributed by atoms with van der Waals surface area (Å²) in [5.74, 6) is 0.786. The van der Waals surface area contributed by atoms with E-state index in [4.69, 9.17) is 14.4 Å². The molecule has 0 spiro atoms. The van der Waals surface area contributed by atoms with Crippen molar-refractivity contribution >= 4 is 14.4 Å². The van der Waals surface area contributed by atoms with Gasteiger partial charge in [0.25, 0.3) is 0 Å². The van der Waals surface area contributed by atoms with Crippen molar-refractivity contribution in [2.75, 3.05) is 59.7 Å². The van der Waals surface area contributed by atoms with E-state index in [0.717, 1.165) is 37.0 Å². The van der Waals surface area contributed by atoms with E-state index in [1.54, 1.807) is 0 Å². The van der Waals surface area contributed by atoms with Crippen LogP contribution in [0.3, 0.4) is 0 Å². The van der Waals surface area contributed by atoms with Crippen LogP contribution in [0.2, 0.25) is 0 Å². The Balaban J connectivity index is 2.10. The summed E-state index contributed by atoms with van der Waals surface area (Å²) in [4.78, 5) is 12.9. The number of rotatable bonds is 2. The van der Waals surface area contributed by atoms with Crippen LogP contribution in [-0.4, -0.2) is 90.3 Å². The summed E-state index contributed by atoms with van der Waals surface area (Å²) in [6, 6.07) is 0. The molecule has 2 saturated heterocycles. The summed E-state index contributed by atoms with van der Waals surface area (Å²) < 4.78 is 15.1. The van der Waals surface area contributed by atoms with Gasteiger partial charge in [0.1, 0.15) is 0 Å². The van der Waals surface area contributed by atoms with Crippen molar-refractivity contribution in [3.8, 4) is 0 Å². The van der Waals surface area contributed by atoms with E-state index in [9.17, 15) is 5.21 Å². The Hall–Kier alpha value is -0.500. The molecule has 1 unspecified atom stereocenters. The summed E-state index contributed by atoms with van der Waals surface area (Å²) in [5, 5.41) is 9.35. The second-order valence-corrected chi connectivity index (χ2v) is 5.74. The minimum Gasteiger partial charge on any atom is -0.404 e. The Bertz CT molecular complexity index is 286. The van der Waals surface area contributed by atoms with Crippen LogP contribution >= 0.6 is 8.45 Å². The predicted octanol–water partition coefficient (Wildman–Crippen LogP) is -0.721. The first kappa shape index (κ1) is 14.9. The van der Waals surface area contributed by atoms with E-state index in [0.29, 0.717) is 26.4 Å². The highest BCUT2D eigenvalue weighted by atomic mass is 31.2. The molecule has 3 N–H and O–H groups in total. The zero-order valence-electron chi connectivity index (χ0n) is 11.2. The number of ether oxygens (including phenoxy) is 2. The van der Waals surface area contributed by atoms with E-state index in [2.05, 4.69) is 14.6 Å². The fourth-order valence-corrected chi connectivity index (χ4v) is 2.55. The fourth-order valence-electron chi connectivity index (χ4n) is 2.00. The molecule has 0 aromatic heterocycles. The molecule has 9 heteroatoms. The number of morpholine rings is 2. The average Bonchev–Trinajstić information content (AvgIpc) is 2.46. The summed E-state index contributed by atoms with van der Waals surface area (Å²) in [6.45, 7) is 5.79. The lowest BCUT2D eigenvalue weighted by molar-refractivity contribution is 0.0257. The molecule has 2 heterocycles. The molecule has 110 valence electrons. The van der Waals surface area contributed by atoms with Crippen molar-refractivity contribution in [2.45, 2.75) is 0 Å². The summed E-state index contributed by atoms with van der Waals surface area (Å²) in [7, 11) is -0.210. The maximum absolute atomic E-state index is 9.35. The molecule has 0 aliphatic carbocycles. The Morgan fingerprint density at radius 3 is 1.89 bits per heavy atom. The summed E-state index contributed by atoms with van der Waals surface area (Å²) in [6.07, 6.45) is 0. The van der Waals surface area contributed by atoms with Crippen LogP contribution in [0.5, 0.6) is 0 Å². The highest BCUT2D eigenvalue weighted by molar-refractivity contribution is 7.47. The zero-order chi connectivity index (χ0) is 13.7. The topological polar surface area (TPSA) is 83.7 Å². The minimum atomic E-state index is -1.67. The molecule has 19 heavy (non-hydrogen) atoms. The van der Waals surface area contributed by atoms with Gasteiger partial charge in [-0.1, -0.05) is 4.83 Å². The summed E-state index contributed by atoms with van der Waals surface area (Å²) in [5.41, 5.74) is 0. The summed E-state index contributed by atoms with van der Waals surface area (Å²) >= 11 is 0. The Kier molecular flexibility index (Phi) is 5.75. The van der Waals surface area contributed by atoms with E-state index in [1.165, 1.54) is 7.05 Å². The normalized spacial score (nSPS) is 22.5. The molecule has 2 fully saturated rings. The molecule has 0 radical (unpaired) electrons. The van der Waals surface area contributed by atoms with Gasteiger partial charge in [-0.2, -0.15) is 0 Å². The predicted molar refractivity (Wildman–Crippen MR) is 72.3 cm³/mol. The lowest BCUT2D eigenvalue weighted by Gasteiger charge is -2.37. The van der Waals surface area contributed by atoms with Crippen molar-refractivity contribution < 1.29 is 19.6 Å². The number of hydrogen-bond donors (Lipinski definition) is 1. The van der Waals surface area contributed by atoms with Crippen LogP contribution in [-0.2, 0) is 9.47 Å². The van der Waals surface area contributed by atoms with Gasteiger partial charge in [-0.25, -0.2) is 0 Å². The highest BCUT2D eigenvalue weighted by Gasteiger charge is 2.27. The Morgan fingerprint density at radius 1 is 1.11 bits per heavy atom. The van der Waals surface area contributed by atoms with Gasteiger partial charge in [0.15, 0.2) is 0 Å². The third kappa shape index (κ3) is 4.24. The van der Waals surface area contributed by atoms with Crippen molar-refractivity contribution in [3.05, 3.63) is 0 Å². The number of hydroxylamine groups is 1. The monoisotopic (exact) mass is 293 g/mol. The lowest BCUT2D eigenvalue weighted by atomic mass is 10.4. The molecule has 1 atom stereocenters. The maximum Gasteiger partial charge on any atom is 0.457 e. The highest BCUT2D eigenvalue weighted by Crippen LogP contribution is 2.34. The molecule has 0 bridgehead atoms. The largest absolute Gasteiger partial charge is 0.457 e. The first-order chi connectivity index (χ1) is 9.18. The number of hydrogen-bond acceptors (Lipinski definition) is 5. The standard InChI is InChI=1S/C10H21N4O4P/c1-12(15)19(16)11-10(13-2-6-17-7-3-13)14-4-8-18-9-5-14/h15-16H,2-9H2,1H3/p+1. The molecule has 2 aliphatic rings. The fraction of sp³-hybridized carbons (Fsp3) is 0.900. The van der Waals surface area contributed by atoms with Gasteiger partial charge in [-0.15, -0.1) is 4.76 Å². The van der Waals surface area contributed by atoms with Crippen LogP contribution in [0.1, 0.15) is 0 Å². The molecule has 2 aliphatic heterocycles. The van der Waals surface area contributed by atoms with E-state index < -0.39 is 8.45 Å². The molecule has 0 amide bonds. The van der Waals surface area contributed by atoms with Gasteiger partial charge in [-0.05, 0) is 0 Å². The molecule has 0 aromatic carbocycles. The minimum absolute atomic E-state index is 0.675. The lowest BCUT2D eigenvalue weighted by Crippen LogP contribution is -2.52. The van der Waals surface area contributed by atoms with E-state index in [-0.39, 0.29) is 0 Å². The van der Waals surface area contributed by atoms with Gasteiger partial charge in [0.05, 0.1) is 26.4 Å². The van der Waals surface area contributed by atoms with Crippen molar-refractivity contribution in [1.29, 1.82) is 0 Å². The van der Waals surface area contributed by atoms with Gasteiger partial charge in [0.2, 0.25) is 5.96 Å². The van der Waals surface area contributed by atoms with E-state index in [1.807, 2.05) is 0 Å². The van der Waals surface area contributed by atoms with Crippen molar-refractivity contribution in [1.82, 2.24) is 14.6 Å². The van der Waals surface area contributed by atoms with Crippen LogP contribution < -0.4 is 0 Å². The molecule has 2 rings (SSSR count). The molecular formula is C10H22N4O4P+. The van der Waals surface area contributed by atoms with Crippen LogP contribution in [0.15, 0.2) is 4.76 Å². The van der Waals surface area contributed by atoms with Crippen molar-refractivity contribution in [2.24, 2.45) is 4.76 Å². The molecular weight excluding hydrogens is 271 g/mol. The number of guanidine groups is 1. The zero-order valence-corrected chi connectivity index (χ0v) is 12.1. The van der Waals surface area contributed by atoms with Gasteiger partial charge in [0, 0.05) is 33.2 Å². The number of nitrogens with zero attached hydrogens (tertiary/aromatic N) is 4. The van der Waals surface area contributed by atoms with Gasteiger partial charge < -0.3 is 29.4 Å². The Morgan fingerprint density at radius 2 is 1.53 bits per heavy atom. The average molecular weight is 293 g/mol. The van der Waals surface area contributed by atoms with Gasteiger partial charge >= 0.3 is 8.45 Å². The Labute approximate surface area is 114 Å². The van der Waals surface area contributed by atoms with Crippen LogP contribution in [0, 0.1) is 0 Å². The quantitative estimate of drug-likeness (QED) is 0.238. The molecule has 0 aromatic rings. The van der Waals surface area contributed by atoms with E-state index >= 15 is 0 Å². The second-order valence-electron chi connectivity index (χ2n) is 4.38. The van der Waals surface area contributed by atoms with Crippen molar-refractivity contribution in [3.63, 3.8) is 0 Å². The van der Waals surface area contributed by atoms with Crippen LogP contribution in [0.25, 0.3) is 0 Å². The SMILES string of the molecule is CN(O)P([OH2+])N=C(N1CCOCC1)N1CCOCC1. The smallest absolute Gasteiger partial charge is 0.404 e. The first-order valence-electron chi connectivity index (χ1n) is 6.36. The first-order valence-corrected chi connectivity index (χ1v) is 7.61. The molecule has 0 saturated carbocycles. The second kappa shape index (κ2) is 7.33. The third-order valence-corrected chi connectivity index (χ3v) is 3.96. The molecule has 8 nitrogen and oxygen atoms in total. The van der Waals surface area contributed by atoms with Gasteiger partial charge in [-0.3, -0.25) is 0 Å². The maximum atomic E-state index is 9.35. The van der Waals surface area contributed by atoms with Crippen LogP contribution in [0.4, 0.5) is 0 Å². The third-order valence-electron chi connectivity index (χ3n) is 3.05.